The molecule has 2 rings (SSSR count). The summed E-state index contributed by atoms with van der Waals surface area (Å²) in [6.45, 7) is 3.99. The van der Waals surface area contributed by atoms with Gasteiger partial charge in [-0.25, -0.2) is 0 Å². The van der Waals surface area contributed by atoms with Gasteiger partial charge >= 0.3 is 0 Å². The van der Waals surface area contributed by atoms with Crippen molar-refractivity contribution in [1.29, 1.82) is 0 Å². The summed E-state index contributed by atoms with van der Waals surface area (Å²) in [5.41, 5.74) is 2.51. The summed E-state index contributed by atoms with van der Waals surface area (Å²) in [4.78, 5) is 4.02. The zero-order chi connectivity index (χ0) is 11.9. The van der Waals surface area contributed by atoms with E-state index in [-0.39, 0.29) is 0 Å². The highest BCUT2D eigenvalue weighted by Crippen LogP contribution is 2.15. The largest absolute Gasteiger partial charge is 0.468 e. The summed E-state index contributed by atoms with van der Waals surface area (Å²) in [7, 11) is 0. The molecule has 0 aliphatic heterocycles. The van der Waals surface area contributed by atoms with E-state index >= 15 is 0 Å². The molecule has 0 aliphatic rings. The molecule has 0 radical (unpaired) electrons. The Morgan fingerprint density at radius 3 is 2.82 bits per heavy atom. The van der Waals surface area contributed by atoms with Gasteiger partial charge in [0.15, 0.2) is 0 Å². The van der Waals surface area contributed by atoms with E-state index in [0.717, 1.165) is 31.7 Å². The molecule has 17 heavy (non-hydrogen) atoms. The summed E-state index contributed by atoms with van der Waals surface area (Å²) in [5.74, 6) is 1.04. The van der Waals surface area contributed by atoms with Crippen LogP contribution in [0.3, 0.4) is 0 Å². The Morgan fingerprint density at radius 2 is 2.06 bits per heavy atom. The summed E-state index contributed by atoms with van der Waals surface area (Å²) >= 11 is 0. The number of aromatic nitrogens is 1. The van der Waals surface area contributed by atoms with E-state index in [9.17, 15) is 0 Å². The Kier molecular flexibility index (Phi) is 4.33. The lowest BCUT2D eigenvalue weighted by Gasteiger charge is -2.04. The highest BCUT2D eigenvalue weighted by atomic mass is 16.3. The van der Waals surface area contributed by atoms with Crippen LogP contribution in [-0.2, 0) is 13.0 Å². The van der Waals surface area contributed by atoms with Crippen molar-refractivity contribution in [2.75, 3.05) is 6.54 Å². The number of rotatable bonds is 6. The lowest BCUT2D eigenvalue weighted by molar-refractivity contribution is 0.479. The zero-order valence-electron chi connectivity index (χ0n) is 10.1. The minimum atomic E-state index is 0.807. The molecule has 0 atom stereocenters. The van der Waals surface area contributed by atoms with Crippen LogP contribution in [0.15, 0.2) is 41.3 Å². The first-order chi connectivity index (χ1) is 8.40. The van der Waals surface area contributed by atoms with Gasteiger partial charge in [0.25, 0.3) is 0 Å². The molecule has 0 bridgehead atoms. The summed E-state index contributed by atoms with van der Waals surface area (Å²) in [5, 5.41) is 3.36. The van der Waals surface area contributed by atoms with Gasteiger partial charge in [-0.1, -0.05) is 6.92 Å². The fourth-order valence-electron chi connectivity index (χ4n) is 1.78. The average Bonchev–Trinajstić information content (AvgIpc) is 2.79. The average molecular weight is 230 g/mol. The van der Waals surface area contributed by atoms with Crippen molar-refractivity contribution in [3.8, 4) is 0 Å². The molecule has 2 heterocycles. The molecular weight excluding hydrogens is 212 g/mol. The third kappa shape index (κ3) is 3.43. The van der Waals surface area contributed by atoms with Crippen molar-refractivity contribution in [2.24, 2.45) is 0 Å². The number of hydrogen-bond acceptors (Lipinski definition) is 3. The summed E-state index contributed by atoms with van der Waals surface area (Å²) < 4.78 is 5.51. The highest BCUT2D eigenvalue weighted by Gasteiger charge is 2.06. The van der Waals surface area contributed by atoms with Gasteiger partial charge in [0, 0.05) is 18.8 Å². The molecule has 3 heteroatoms. The first-order valence-corrected chi connectivity index (χ1v) is 6.05. The van der Waals surface area contributed by atoms with Crippen LogP contribution in [0.25, 0.3) is 0 Å². The number of hydrogen-bond donors (Lipinski definition) is 1. The van der Waals surface area contributed by atoms with Gasteiger partial charge in [-0.2, -0.15) is 0 Å². The van der Waals surface area contributed by atoms with E-state index in [2.05, 4.69) is 17.2 Å². The van der Waals surface area contributed by atoms with Gasteiger partial charge in [0.1, 0.15) is 5.76 Å². The molecule has 2 aromatic rings. The van der Waals surface area contributed by atoms with Gasteiger partial charge in [-0.3, -0.25) is 4.98 Å². The molecule has 3 nitrogen and oxygen atoms in total. The Morgan fingerprint density at radius 1 is 1.24 bits per heavy atom. The standard InChI is InChI=1S/C14H18N2O/c1-2-6-16-11-14-13(5-9-17-14)10-12-3-7-15-8-4-12/h3-5,7-9,16H,2,6,10-11H2,1H3. The molecule has 0 aromatic carbocycles. The molecule has 0 unspecified atom stereocenters. The fraction of sp³-hybridized carbons (Fsp3) is 0.357. The molecule has 0 spiro atoms. The molecule has 2 aromatic heterocycles. The van der Waals surface area contributed by atoms with Crippen LogP contribution in [0.5, 0.6) is 0 Å². The molecule has 0 fully saturated rings. The van der Waals surface area contributed by atoms with Gasteiger partial charge < -0.3 is 9.73 Å². The van der Waals surface area contributed by atoms with E-state index in [1.54, 1.807) is 6.26 Å². The number of nitrogens with one attached hydrogen (secondary N) is 1. The Bertz CT molecular complexity index is 436. The molecule has 0 saturated carbocycles. The van der Waals surface area contributed by atoms with Gasteiger partial charge in [-0.05, 0) is 42.3 Å². The Balaban J connectivity index is 1.99. The second kappa shape index (κ2) is 6.21. The molecule has 0 aliphatic carbocycles. The Hall–Kier alpha value is -1.61. The predicted molar refractivity (Wildman–Crippen MR) is 67.7 cm³/mol. The summed E-state index contributed by atoms with van der Waals surface area (Å²) in [6.07, 6.45) is 7.46. The van der Waals surface area contributed by atoms with E-state index in [4.69, 9.17) is 4.42 Å². The van der Waals surface area contributed by atoms with Crippen molar-refractivity contribution >= 4 is 0 Å². The number of furan rings is 1. The smallest absolute Gasteiger partial charge is 0.121 e. The lowest BCUT2D eigenvalue weighted by Crippen LogP contribution is -2.14. The second-order valence-corrected chi connectivity index (χ2v) is 4.08. The van der Waals surface area contributed by atoms with Crippen LogP contribution in [0, 0.1) is 0 Å². The number of pyridine rings is 1. The van der Waals surface area contributed by atoms with Crippen LogP contribution < -0.4 is 5.32 Å². The molecule has 90 valence electrons. The minimum absolute atomic E-state index is 0.807. The first kappa shape index (κ1) is 11.9. The molecular formula is C14H18N2O. The van der Waals surface area contributed by atoms with Crippen LogP contribution in [0.4, 0.5) is 0 Å². The van der Waals surface area contributed by atoms with Crippen LogP contribution in [0.1, 0.15) is 30.2 Å². The second-order valence-electron chi connectivity index (χ2n) is 4.08. The van der Waals surface area contributed by atoms with Gasteiger partial charge in [0.05, 0.1) is 12.8 Å². The monoisotopic (exact) mass is 230 g/mol. The Labute approximate surface area is 102 Å². The predicted octanol–water partition coefficient (Wildman–Crippen LogP) is 2.77. The quantitative estimate of drug-likeness (QED) is 0.775. The van der Waals surface area contributed by atoms with Crippen molar-refractivity contribution in [2.45, 2.75) is 26.3 Å². The maximum atomic E-state index is 5.51. The SMILES string of the molecule is CCCNCc1occc1Cc1ccncc1. The molecule has 0 saturated heterocycles. The van der Waals surface area contributed by atoms with Gasteiger partial charge in [-0.15, -0.1) is 0 Å². The van der Waals surface area contributed by atoms with Gasteiger partial charge in [0.2, 0.25) is 0 Å². The molecule has 1 N–H and O–H groups in total. The minimum Gasteiger partial charge on any atom is -0.468 e. The van der Waals surface area contributed by atoms with Crippen LogP contribution in [0.2, 0.25) is 0 Å². The van der Waals surface area contributed by atoms with Crippen LogP contribution in [-0.4, -0.2) is 11.5 Å². The number of nitrogens with zero attached hydrogens (tertiary/aromatic N) is 1. The maximum Gasteiger partial charge on any atom is 0.121 e. The van der Waals surface area contributed by atoms with Crippen molar-refractivity contribution in [3.63, 3.8) is 0 Å². The van der Waals surface area contributed by atoms with E-state index in [1.807, 2.05) is 30.6 Å². The summed E-state index contributed by atoms with van der Waals surface area (Å²) in [6, 6.07) is 6.12. The maximum absolute atomic E-state index is 5.51. The third-order valence-corrected chi connectivity index (χ3v) is 2.69. The van der Waals surface area contributed by atoms with Crippen molar-refractivity contribution < 1.29 is 4.42 Å². The third-order valence-electron chi connectivity index (χ3n) is 2.69. The van der Waals surface area contributed by atoms with E-state index in [0.29, 0.717) is 0 Å². The zero-order valence-corrected chi connectivity index (χ0v) is 10.1. The van der Waals surface area contributed by atoms with Crippen molar-refractivity contribution in [3.05, 3.63) is 53.7 Å². The van der Waals surface area contributed by atoms with Crippen molar-refractivity contribution in [1.82, 2.24) is 10.3 Å². The molecule has 0 amide bonds. The normalized spacial score (nSPS) is 10.6. The first-order valence-electron chi connectivity index (χ1n) is 6.05. The van der Waals surface area contributed by atoms with Crippen LogP contribution >= 0.6 is 0 Å². The van der Waals surface area contributed by atoms with E-state index < -0.39 is 0 Å². The topological polar surface area (TPSA) is 38.1 Å². The lowest BCUT2D eigenvalue weighted by atomic mass is 10.1. The van der Waals surface area contributed by atoms with E-state index in [1.165, 1.54) is 11.1 Å². The highest BCUT2D eigenvalue weighted by molar-refractivity contribution is 5.26. The fourth-order valence-corrected chi connectivity index (χ4v) is 1.78.